The smallest absolute Gasteiger partial charge is 0.324 e. The summed E-state index contributed by atoms with van der Waals surface area (Å²) in [5, 5.41) is 4.07. The summed E-state index contributed by atoms with van der Waals surface area (Å²) in [6.07, 6.45) is 2.33. The van der Waals surface area contributed by atoms with Gasteiger partial charge in [0.05, 0.1) is 4.70 Å². The van der Waals surface area contributed by atoms with Crippen molar-refractivity contribution in [2.75, 3.05) is 37.6 Å². The van der Waals surface area contributed by atoms with Crippen LogP contribution in [-0.2, 0) is 0 Å². The number of nitrogens with zero attached hydrogens (tertiary/aromatic N) is 4. The average molecular weight is 414 g/mol. The lowest BCUT2D eigenvalue weighted by Crippen LogP contribution is -2.57. The molecule has 6 rings (SSSR count). The van der Waals surface area contributed by atoms with Crippen LogP contribution in [0.25, 0.3) is 10.1 Å². The standard InChI is InChI=1S/C21H27N5O2S/c1-13(2)25-9-10-26(21(25)28)15-3-4-18-16(11-15)19(23-29-18)20(27)22-17-12-24-7-5-14(17)6-8-24/h3-4,11,13-14,17H,5-10,12H2,1-2H3,(H,22,27)/t17-/m1/s1. The minimum Gasteiger partial charge on any atom is -0.346 e. The monoisotopic (exact) mass is 413 g/mol. The third-order valence-electron chi connectivity index (χ3n) is 6.62. The van der Waals surface area contributed by atoms with Crippen LogP contribution in [0.4, 0.5) is 10.5 Å². The van der Waals surface area contributed by atoms with E-state index in [1.165, 1.54) is 11.5 Å². The van der Waals surface area contributed by atoms with Crippen LogP contribution in [0.2, 0.25) is 0 Å². The number of nitrogens with one attached hydrogen (secondary N) is 1. The first-order chi connectivity index (χ1) is 14.0. The van der Waals surface area contributed by atoms with E-state index in [2.05, 4.69) is 14.6 Å². The van der Waals surface area contributed by atoms with Crippen molar-refractivity contribution in [3.63, 3.8) is 0 Å². The van der Waals surface area contributed by atoms with Gasteiger partial charge in [-0.25, -0.2) is 4.79 Å². The van der Waals surface area contributed by atoms with E-state index >= 15 is 0 Å². The molecule has 1 atom stereocenters. The van der Waals surface area contributed by atoms with Crippen LogP contribution < -0.4 is 10.2 Å². The van der Waals surface area contributed by atoms with Crippen LogP contribution in [-0.4, -0.2) is 70.9 Å². The zero-order chi connectivity index (χ0) is 20.1. The van der Waals surface area contributed by atoms with Crippen LogP contribution in [0.15, 0.2) is 18.2 Å². The van der Waals surface area contributed by atoms with Crippen LogP contribution >= 0.6 is 11.5 Å². The van der Waals surface area contributed by atoms with Crippen molar-refractivity contribution in [1.29, 1.82) is 0 Å². The molecule has 1 N–H and O–H groups in total. The molecule has 1 aromatic heterocycles. The topological polar surface area (TPSA) is 68.8 Å². The van der Waals surface area contributed by atoms with E-state index in [1.807, 2.05) is 36.9 Å². The van der Waals surface area contributed by atoms with Crippen molar-refractivity contribution >= 4 is 39.2 Å². The molecule has 154 valence electrons. The van der Waals surface area contributed by atoms with E-state index < -0.39 is 0 Å². The Bertz CT molecular complexity index is 950. The minimum absolute atomic E-state index is 0.0285. The summed E-state index contributed by atoms with van der Waals surface area (Å²) in [6.45, 7) is 8.70. The fourth-order valence-corrected chi connectivity index (χ4v) is 5.65. The first-order valence-corrected chi connectivity index (χ1v) is 11.3. The van der Waals surface area contributed by atoms with E-state index in [-0.39, 0.29) is 24.0 Å². The molecule has 8 heteroatoms. The molecule has 5 heterocycles. The van der Waals surface area contributed by atoms with Gasteiger partial charge in [0.25, 0.3) is 5.91 Å². The van der Waals surface area contributed by atoms with Gasteiger partial charge in [-0.05, 0) is 75.4 Å². The molecule has 2 aromatic rings. The molecule has 4 aliphatic rings. The van der Waals surface area contributed by atoms with E-state index in [0.29, 0.717) is 18.2 Å². The van der Waals surface area contributed by atoms with E-state index in [4.69, 9.17) is 0 Å². The summed E-state index contributed by atoms with van der Waals surface area (Å²) in [5.74, 6) is 0.484. The van der Waals surface area contributed by atoms with Crippen molar-refractivity contribution in [2.45, 2.75) is 38.8 Å². The average Bonchev–Trinajstić information content (AvgIpc) is 3.32. The summed E-state index contributed by atoms with van der Waals surface area (Å²) in [6, 6.07) is 6.30. The number of hydrogen-bond donors (Lipinski definition) is 1. The fraction of sp³-hybridized carbons (Fsp3) is 0.571. The summed E-state index contributed by atoms with van der Waals surface area (Å²) in [7, 11) is 0. The Morgan fingerprint density at radius 3 is 2.66 bits per heavy atom. The number of carbonyl (C=O) groups is 2. The van der Waals surface area contributed by atoms with Crippen molar-refractivity contribution in [1.82, 2.24) is 19.5 Å². The molecule has 3 amide bonds. The minimum atomic E-state index is -0.0938. The van der Waals surface area contributed by atoms with Gasteiger partial charge in [-0.2, -0.15) is 4.37 Å². The Labute approximate surface area is 174 Å². The lowest BCUT2D eigenvalue weighted by Gasteiger charge is -2.44. The van der Waals surface area contributed by atoms with Gasteiger partial charge in [0.2, 0.25) is 0 Å². The number of hydrogen-bond acceptors (Lipinski definition) is 5. The second-order valence-electron chi connectivity index (χ2n) is 8.65. The van der Waals surface area contributed by atoms with E-state index in [1.54, 1.807) is 4.90 Å². The third-order valence-corrected chi connectivity index (χ3v) is 7.44. The zero-order valence-electron chi connectivity index (χ0n) is 16.9. The zero-order valence-corrected chi connectivity index (χ0v) is 17.7. The first-order valence-electron chi connectivity index (χ1n) is 10.5. The van der Waals surface area contributed by atoms with Crippen molar-refractivity contribution in [3.8, 4) is 0 Å². The van der Waals surface area contributed by atoms with Gasteiger partial charge in [0.1, 0.15) is 5.69 Å². The Morgan fingerprint density at radius 1 is 1.21 bits per heavy atom. The molecule has 7 nitrogen and oxygen atoms in total. The van der Waals surface area contributed by atoms with Gasteiger partial charge < -0.3 is 15.1 Å². The summed E-state index contributed by atoms with van der Waals surface area (Å²) < 4.78 is 5.43. The number of benzene rings is 1. The number of rotatable bonds is 4. The molecule has 0 radical (unpaired) electrons. The summed E-state index contributed by atoms with van der Waals surface area (Å²) >= 11 is 1.34. The number of amides is 3. The van der Waals surface area contributed by atoms with Crippen molar-refractivity contribution in [2.24, 2.45) is 5.92 Å². The first kappa shape index (κ1) is 18.8. The Balaban J connectivity index is 1.38. The molecule has 1 aromatic carbocycles. The van der Waals surface area contributed by atoms with Crippen molar-refractivity contribution < 1.29 is 9.59 Å². The van der Waals surface area contributed by atoms with Gasteiger partial charge in [0.15, 0.2) is 0 Å². The molecular formula is C21H27N5O2S. The Morgan fingerprint density at radius 2 is 2.00 bits per heavy atom. The largest absolute Gasteiger partial charge is 0.346 e. The maximum Gasteiger partial charge on any atom is 0.324 e. The van der Waals surface area contributed by atoms with E-state index in [0.717, 1.165) is 54.8 Å². The second-order valence-corrected chi connectivity index (χ2v) is 9.46. The number of aromatic nitrogens is 1. The quantitative estimate of drug-likeness (QED) is 0.837. The molecule has 0 aliphatic carbocycles. The van der Waals surface area contributed by atoms with E-state index in [9.17, 15) is 9.59 Å². The SMILES string of the molecule is CC(C)N1CCN(c2ccc3snc(C(=O)N[C@@H]4CN5CCC4CC5)c3c2)C1=O. The molecule has 29 heavy (non-hydrogen) atoms. The fourth-order valence-electron chi connectivity index (χ4n) is 4.90. The van der Waals surface area contributed by atoms with Crippen LogP contribution in [0.5, 0.6) is 0 Å². The second kappa shape index (κ2) is 7.25. The Kier molecular flexibility index (Phi) is 4.70. The Hall–Kier alpha value is -2.19. The van der Waals surface area contributed by atoms with Gasteiger partial charge >= 0.3 is 6.03 Å². The van der Waals surface area contributed by atoms with Gasteiger partial charge in [0, 0.05) is 42.8 Å². The number of anilines is 1. The predicted octanol–water partition coefficient (Wildman–Crippen LogP) is 2.77. The van der Waals surface area contributed by atoms with Gasteiger partial charge in [-0.15, -0.1) is 0 Å². The molecule has 4 aliphatic heterocycles. The molecule has 2 bridgehead atoms. The summed E-state index contributed by atoms with van der Waals surface area (Å²) in [4.78, 5) is 31.9. The number of piperidine rings is 3. The lowest BCUT2D eigenvalue weighted by atomic mass is 9.84. The molecule has 4 saturated heterocycles. The maximum absolute atomic E-state index is 13.0. The lowest BCUT2D eigenvalue weighted by molar-refractivity contribution is 0.0619. The number of urea groups is 1. The molecule has 0 unspecified atom stereocenters. The number of fused-ring (bicyclic) bond motifs is 4. The third kappa shape index (κ3) is 3.28. The molecular weight excluding hydrogens is 386 g/mol. The predicted molar refractivity (Wildman–Crippen MR) is 115 cm³/mol. The highest BCUT2D eigenvalue weighted by molar-refractivity contribution is 7.13. The highest BCUT2D eigenvalue weighted by atomic mass is 32.1. The maximum atomic E-state index is 13.0. The normalized spacial score (nSPS) is 26.7. The van der Waals surface area contributed by atoms with Crippen molar-refractivity contribution in [3.05, 3.63) is 23.9 Å². The molecule has 4 fully saturated rings. The van der Waals surface area contributed by atoms with Crippen LogP contribution in [0.3, 0.4) is 0 Å². The van der Waals surface area contributed by atoms with Gasteiger partial charge in [-0.1, -0.05) is 0 Å². The van der Waals surface area contributed by atoms with Crippen LogP contribution in [0, 0.1) is 5.92 Å². The molecule has 0 spiro atoms. The van der Waals surface area contributed by atoms with Crippen LogP contribution in [0.1, 0.15) is 37.2 Å². The highest BCUT2D eigenvalue weighted by Crippen LogP contribution is 2.31. The number of carbonyl (C=O) groups excluding carboxylic acids is 2. The molecule has 0 saturated carbocycles. The summed E-state index contributed by atoms with van der Waals surface area (Å²) in [5.41, 5.74) is 1.32. The highest BCUT2D eigenvalue weighted by Gasteiger charge is 2.36. The van der Waals surface area contributed by atoms with Gasteiger partial charge in [-0.3, -0.25) is 9.69 Å².